The van der Waals surface area contributed by atoms with Crippen LogP contribution in [0.15, 0.2) is 58.9 Å². The van der Waals surface area contributed by atoms with Gasteiger partial charge in [-0.25, -0.2) is 0 Å². The van der Waals surface area contributed by atoms with Crippen LogP contribution in [-0.2, 0) is 16.2 Å². The summed E-state index contributed by atoms with van der Waals surface area (Å²) in [6.07, 6.45) is 4.88. The first-order chi connectivity index (χ1) is 9.75. The molecule has 0 spiro atoms. The molecule has 1 heterocycles. The van der Waals surface area contributed by atoms with Crippen molar-refractivity contribution in [2.75, 3.05) is 0 Å². The maximum Gasteiger partial charge on any atom is 0.273 e. The second-order valence-electron chi connectivity index (χ2n) is 4.98. The first-order valence-electron chi connectivity index (χ1n) is 6.68. The van der Waals surface area contributed by atoms with E-state index in [1.165, 1.54) is 0 Å². The van der Waals surface area contributed by atoms with Gasteiger partial charge >= 0.3 is 0 Å². The molecular weight excluding hydrogens is 252 g/mol. The average Bonchev–Trinajstić information content (AvgIpc) is 2.78. The van der Waals surface area contributed by atoms with Crippen molar-refractivity contribution in [2.24, 2.45) is 11.1 Å². The summed E-state index contributed by atoms with van der Waals surface area (Å²) in [5.41, 5.74) is 3.55. The molecule has 4 nitrogen and oxygen atoms in total. The Bertz CT molecular complexity index is 615. The van der Waals surface area contributed by atoms with E-state index >= 15 is 0 Å². The molecule has 1 atom stereocenters. The van der Waals surface area contributed by atoms with Crippen LogP contribution >= 0.6 is 0 Å². The summed E-state index contributed by atoms with van der Waals surface area (Å²) in [7, 11) is 0. The first-order valence-corrected chi connectivity index (χ1v) is 6.68. The summed E-state index contributed by atoms with van der Waals surface area (Å²) in [6.45, 7) is 2.37. The summed E-state index contributed by atoms with van der Waals surface area (Å²) < 4.78 is 0. The molecule has 3 rings (SSSR count). The number of nitrogens with one attached hydrogen (secondary N) is 1. The Balaban J connectivity index is 1.72. The van der Waals surface area contributed by atoms with Crippen molar-refractivity contribution in [3.05, 3.63) is 59.3 Å². The number of rotatable bonds is 3. The summed E-state index contributed by atoms with van der Waals surface area (Å²) in [5, 5.41) is 6.94. The third-order valence-electron chi connectivity index (χ3n) is 3.56. The largest absolute Gasteiger partial charge is 0.391 e. The fourth-order valence-corrected chi connectivity index (χ4v) is 2.50. The van der Waals surface area contributed by atoms with Crippen LogP contribution in [0, 0.1) is 5.92 Å². The minimum Gasteiger partial charge on any atom is -0.391 e. The number of oxime groups is 1. The van der Waals surface area contributed by atoms with Gasteiger partial charge in [-0.05, 0) is 24.5 Å². The van der Waals surface area contributed by atoms with Gasteiger partial charge in [0.1, 0.15) is 6.61 Å². The van der Waals surface area contributed by atoms with E-state index in [9.17, 15) is 4.79 Å². The molecule has 0 saturated carbocycles. The van der Waals surface area contributed by atoms with Crippen LogP contribution in [0.5, 0.6) is 0 Å². The predicted octanol–water partition coefficient (Wildman–Crippen LogP) is 2.54. The summed E-state index contributed by atoms with van der Waals surface area (Å²) in [6, 6.07) is 9.78. The number of benzene rings is 1. The standard InChI is InChI=1S/C16H16N2O2/c1-11-6-5-9-13-14(11)17-16(19)15(13)18-20-10-12-7-3-2-4-8-12/h2-8,13H,9-10H2,1H3,(H,17,19). The summed E-state index contributed by atoms with van der Waals surface area (Å²) in [4.78, 5) is 17.3. The molecule has 0 radical (unpaired) electrons. The Morgan fingerprint density at radius 1 is 1.35 bits per heavy atom. The van der Waals surface area contributed by atoms with Gasteiger partial charge in [0.2, 0.25) is 0 Å². The van der Waals surface area contributed by atoms with Crippen LogP contribution in [-0.4, -0.2) is 11.6 Å². The molecule has 0 bridgehead atoms. The van der Waals surface area contributed by atoms with Gasteiger partial charge in [-0.1, -0.05) is 47.6 Å². The Hall–Kier alpha value is -2.36. The van der Waals surface area contributed by atoms with Crippen molar-refractivity contribution in [3.8, 4) is 0 Å². The van der Waals surface area contributed by atoms with E-state index in [0.29, 0.717) is 12.3 Å². The molecule has 1 aromatic rings. The van der Waals surface area contributed by atoms with E-state index in [4.69, 9.17) is 4.84 Å². The van der Waals surface area contributed by atoms with Crippen molar-refractivity contribution in [1.82, 2.24) is 5.32 Å². The Morgan fingerprint density at radius 3 is 2.95 bits per heavy atom. The van der Waals surface area contributed by atoms with E-state index in [-0.39, 0.29) is 11.8 Å². The molecule has 1 aliphatic carbocycles. The lowest BCUT2D eigenvalue weighted by Gasteiger charge is -2.14. The lowest BCUT2D eigenvalue weighted by atomic mass is 9.92. The van der Waals surface area contributed by atoms with Crippen LogP contribution in [0.2, 0.25) is 0 Å². The number of hydrogen-bond acceptors (Lipinski definition) is 3. The van der Waals surface area contributed by atoms with Gasteiger partial charge in [0, 0.05) is 5.70 Å². The van der Waals surface area contributed by atoms with E-state index in [1.807, 2.05) is 43.3 Å². The minimum atomic E-state index is -0.152. The maximum absolute atomic E-state index is 11.9. The number of allylic oxidation sites excluding steroid dienone is 4. The monoisotopic (exact) mass is 268 g/mol. The lowest BCUT2D eigenvalue weighted by Crippen LogP contribution is -2.19. The van der Waals surface area contributed by atoms with E-state index in [2.05, 4.69) is 16.5 Å². The van der Waals surface area contributed by atoms with Gasteiger partial charge in [-0.3, -0.25) is 4.79 Å². The number of carbonyl (C=O) groups excluding carboxylic acids is 1. The molecule has 1 fully saturated rings. The van der Waals surface area contributed by atoms with Crippen molar-refractivity contribution >= 4 is 11.6 Å². The Labute approximate surface area is 117 Å². The first kappa shape index (κ1) is 12.7. The zero-order valence-corrected chi connectivity index (χ0v) is 11.3. The Kier molecular flexibility index (Phi) is 3.37. The molecule has 0 aromatic heterocycles. The fraction of sp³-hybridized carbons (Fsp3) is 0.250. The number of nitrogens with zero attached hydrogens (tertiary/aromatic N) is 1. The number of amides is 1. The highest BCUT2D eigenvalue weighted by Crippen LogP contribution is 2.29. The highest BCUT2D eigenvalue weighted by atomic mass is 16.6. The van der Waals surface area contributed by atoms with Crippen LogP contribution in [0.3, 0.4) is 0 Å². The van der Waals surface area contributed by atoms with E-state index in [1.54, 1.807) is 0 Å². The third kappa shape index (κ3) is 2.37. The van der Waals surface area contributed by atoms with Crippen LogP contribution < -0.4 is 5.32 Å². The predicted molar refractivity (Wildman–Crippen MR) is 76.8 cm³/mol. The molecule has 102 valence electrons. The normalized spacial score (nSPS) is 22.9. The SMILES string of the molecule is CC1=C2NC(=O)C(=NOCc3ccccc3)C2CC=C1. The summed E-state index contributed by atoms with van der Waals surface area (Å²) in [5.74, 6) is -0.135. The maximum atomic E-state index is 11.9. The van der Waals surface area contributed by atoms with Gasteiger partial charge in [0.15, 0.2) is 5.71 Å². The Morgan fingerprint density at radius 2 is 2.15 bits per heavy atom. The molecule has 1 aromatic carbocycles. The number of fused-ring (bicyclic) bond motifs is 1. The smallest absolute Gasteiger partial charge is 0.273 e. The van der Waals surface area contributed by atoms with Crippen molar-refractivity contribution in [2.45, 2.75) is 20.0 Å². The van der Waals surface area contributed by atoms with Crippen LogP contribution in [0.4, 0.5) is 0 Å². The van der Waals surface area contributed by atoms with Gasteiger partial charge in [-0.15, -0.1) is 0 Å². The van der Waals surface area contributed by atoms with Gasteiger partial charge in [0.25, 0.3) is 5.91 Å². The third-order valence-corrected chi connectivity index (χ3v) is 3.56. The van der Waals surface area contributed by atoms with E-state index < -0.39 is 0 Å². The fourth-order valence-electron chi connectivity index (χ4n) is 2.50. The van der Waals surface area contributed by atoms with Crippen molar-refractivity contribution in [1.29, 1.82) is 0 Å². The molecule has 4 heteroatoms. The van der Waals surface area contributed by atoms with Crippen molar-refractivity contribution < 1.29 is 9.63 Å². The highest BCUT2D eigenvalue weighted by molar-refractivity contribution is 6.43. The molecule has 1 saturated heterocycles. The molecule has 1 N–H and O–H groups in total. The van der Waals surface area contributed by atoms with Gasteiger partial charge in [-0.2, -0.15) is 0 Å². The molecule has 2 aliphatic rings. The quantitative estimate of drug-likeness (QED) is 0.856. The molecule has 1 amide bonds. The second kappa shape index (κ2) is 5.33. The molecule has 20 heavy (non-hydrogen) atoms. The second-order valence-corrected chi connectivity index (χ2v) is 4.98. The molecule has 1 aliphatic heterocycles. The van der Waals surface area contributed by atoms with E-state index in [0.717, 1.165) is 23.3 Å². The minimum absolute atomic E-state index is 0.0169. The topological polar surface area (TPSA) is 50.7 Å². The molecular formula is C16H16N2O2. The number of carbonyl (C=O) groups is 1. The lowest BCUT2D eigenvalue weighted by molar-refractivity contribution is -0.113. The molecule has 1 unspecified atom stereocenters. The van der Waals surface area contributed by atoms with Crippen LogP contribution in [0.1, 0.15) is 18.9 Å². The van der Waals surface area contributed by atoms with Gasteiger partial charge < -0.3 is 10.2 Å². The zero-order chi connectivity index (χ0) is 13.9. The van der Waals surface area contributed by atoms with Gasteiger partial charge in [0.05, 0.1) is 5.92 Å². The van der Waals surface area contributed by atoms with Crippen LogP contribution in [0.25, 0.3) is 0 Å². The average molecular weight is 268 g/mol. The number of hydrogen-bond donors (Lipinski definition) is 1. The zero-order valence-electron chi connectivity index (χ0n) is 11.3. The van der Waals surface area contributed by atoms with Crippen molar-refractivity contribution in [3.63, 3.8) is 0 Å². The summed E-state index contributed by atoms with van der Waals surface area (Å²) >= 11 is 0. The highest BCUT2D eigenvalue weighted by Gasteiger charge is 2.36.